The molecular weight excluding hydrogens is 363 g/mol. The van der Waals surface area contributed by atoms with Crippen molar-refractivity contribution in [3.63, 3.8) is 0 Å². The van der Waals surface area contributed by atoms with Crippen LogP contribution in [0.15, 0.2) is 36.4 Å². The molecule has 3 nitrogen and oxygen atoms in total. The van der Waals surface area contributed by atoms with Gasteiger partial charge in [-0.25, -0.2) is 0 Å². The van der Waals surface area contributed by atoms with Gasteiger partial charge in [0.1, 0.15) is 12.0 Å². The molecular formula is C22H26F3N3. The first-order valence-corrected chi connectivity index (χ1v) is 9.38. The van der Waals surface area contributed by atoms with Gasteiger partial charge in [-0.15, -0.1) is 0 Å². The Morgan fingerprint density at radius 1 is 0.857 bits per heavy atom. The number of nitrogens with zero attached hydrogens (tertiary/aromatic N) is 2. The highest BCUT2D eigenvalue weighted by Gasteiger charge is 2.48. The first kappa shape index (κ1) is 20.2. The number of aryl methyl sites for hydroxylation is 4. The van der Waals surface area contributed by atoms with Crippen LogP contribution in [0.1, 0.15) is 35.6 Å². The van der Waals surface area contributed by atoms with E-state index < -0.39 is 24.8 Å². The summed E-state index contributed by atoms with van der Waals surface area (Å²) in [7, 11) is 0. The van der Waals surface area contributed by atoms with Crippen LogP contribution in [-0.2, 0) is 0 Å². The number of benzene rings is 2. The smallest absolute Gasteiger partial charge is 0.340 e. The van der Waals surface area contributed by atoms with Crippen LogP contribution in [0.4, 0.5) is 24.5 Å². The molecule has 0 aromatic heterocycles. The number of halogens is 3. The quantitative estimate of drug-likeness (QED) is 0.709. The zero-order valence-corrected chi connectivity index (χ0v) is 16.9. The van der Waals surface area contributed by atoms with Crippen molar-refractivity contribution in [1.29, 1.82) is 5.41 Å². The predicted molar refractivity (Wildman–Crippen MR) is 108 cm³/mol. The molecule has 0 amide bonds. The molecule has 0 radical (unpaired) electrons. The summed E-state index contributed by atoms with van der Waals surface area (Å²) in [5.41, 5.74) is 5.04. The van der Waals surface area contributed by atoms with E-state index in [0.717, 1.165) is 27.9 Å². The maximum absolute atomic E-state index is 13.6. The highest BCUT2D eigenvalue weighted by molar-refractivity contribution is 6.06. The lowest BCUT2D eigenvalue weighted by molar-refractivity contribution is -0.137. The largest absolute Gasteiger partial charge is 0.392 e. The second-order valence-corrected chi connectivity index (χ2v) is 7.62. The summed E-state index contributed by atoms with van der Waals surface area (Å²) in [6, 6.07) is 10.9. The zero-order valence-electron chi connectivity index (χ0n) is 16.9. The Morgan fingerprint density at radius 2 is 1.29 bits per heavy atom. The summed E-state index contributed by atoms with van der Waals surface area (Å²) in [6.45, 7) is 9.39. The van der Waals surface area contributed by atoms with Crippen LogP contribution in [0.25, 0.3) is 0 Å². The van der Waals surface area contributed by atoms with Gasteiger partial charge in [-0.1, -0.05) is 36.4 Å². The summed E-state index contributed by atoms with van der Waals surface area (Å²) in [4.78, 5) is 3.35. The fourth-order valence-electron chi connectivity index (χ4n) is 4.28. The standard InChI is InChI=1S/C22H26F3N3/c1-13-8-6-9-14(2)19(13)27-17(5)21(26)28(18(27)12-22(23,24)25)20-15(3)10-7-11-16(20)4/h6-11,17-18,26H,12H2,1-5H3. The van der Waals surface area contributed by atoms with Crippen LogP contribution >= 0.6 is 0 Å². The van der Waals surface area contributed by atoms with E-state index in [9.17, 15) is 13.2 Å². The van der Waals surface area contributed by atoms with Crippen molar-refractivity contribution in [1.82, 2.24) is 0 Å². The van der Waals surface area contributed by atoms with E-state index in [1.165, 1.54) is 0 Å². The Labute approximate surface area is 164 Å². The van der Waals surface area contributed by atoms with Gasteiger partial charge < -0.3 is 9.80 Å². The molecule has 1 heterocycles. The number of para-hydroxylation sites is 2. The van der Waals surface area contributed by atoms with Gasteiger partial charge in [0, 0.05) is 5.69 Å². The van der Waals surface area contributed by atoms with Crippen LogP contribution in [0.2, 0.25) is 0 Å². The molecule has 1 aliphatic heterocycles. The molecule has 1 aliphatic rings. The predicted octanol–water partition coefficient (Wildman–Crippen LogP) is 5.89. The molecule has 6 heteroatoms. The molecule has 0 aliphatic carbocycles. The van der Waals surface area contributed by atoms with Gasteiger partial charge in [-0.3, -0.25) is 5.41 Å². The monoisotopic (exact) mass is 389 g/mol. The maximum atomic E-state index is 13.6. The average molecular weight is 389 g/mol. The molecule has 1 saturated heterocycles. The zero-order chi connectivity index (χ0) is 20.8. The fourth-order valence-corrected chi connectivity index (χ4v) is 4.28. The van der Waals surface area contributed by atoms with E-state index in [-0.39, 0.29) is 5.84 Å². The van der Waals surface area contributed by atoms with Crippen LogP contribution in [0.5, 0.6) is 0 Å². The van der Waals surface area contributed by atoms with Gasteiger partial charge in [-0.05, 0) is 56.9 Å². The minimum atomic E-state index is -4.35. The Morgan fingerprint density at radius 3 is 1.71 bits per heavy atom. The van der Waals surface area contributed by atoms with E-state index in [4.69, 9.17) is 5.41 Å². The van der Waals surface area contributed by atoms with E-state index in [0.29, 0.717) is 5.69 Å². The van der Waals surface area contributed by atoms with E-state index in [1.807, 2.05) is 71.0 Å². The van der Waals surface area contributed by atoms with E-state index in [1.54, 1.807) is 9.80 Å². The Hall–Kier alpha value is -2.50. The molecule has 2 unspecified atom stereocenters. The minimum absolute atomic E-state index is 0.189. The highest BCUT2D eigenvalue weighted by atomic mass is 19.4. The molecule has 2 aromatic carbocycles. The summed E-state index contributed by atoms with van der Waals surface area (Å²) < 4.78 is 40.9. The van der Waals surface area contributed by atoms with Crippen LogP contribution in [0, 0.1) is 33.1 Å². The number of nitrogens with one attached hydrogen (secondary N) is 1. The van der Waals surface area contributed by atoms with Crippen molar-refractivity contribution < 1.29 is 13.2 Å². The van der Waals surface area contributed by atoms with E-state index in [2.05, 4.69) is 0 Å². The molecule has 3 rings (SSSR count). The summed E-state index contributed by atoms with van der Waals surface area (Å²) in [6.07, 6.45) is -6.36. The SMILES string of the molecule is Cc1cccc(C)c1N1C(=N)C(C)N(c2c(C)cccc2C)C1CC(F)(F)F. The fraction of sp³-hybridized carbons (Fsp3) is 0.409. The number of alkyl halides is 3. The number of hydrogen-bond acceptors (Lipinski definition) is 2. The number of rotatable bonds is 3. The lowest BCUT2D eigenvalue weighted by atomic mass is 10.1. The molecule has 2 atom stereocenters. The van der Waals surface area contributed by atoms with Crippen molar-refractivity contribution in [3.05, 3.63) is 58.7 Å². The van der Waals surface area contributed by atoms with Crippen LogP contribution < -0.4 is 9.80 Å². The third-order valence-electron chi connectivity index (χ3n) is 5.48. The van der Waals surface area contributed by atoms with Crippen molar-refractivity contribution in [2.45, 2.75) is 59.4 Å². The average Bonchev–Trinajstić information content (AvgIpc) is 2.79. The molecule has 28 heavy (non-hydrogen) atoms. The number of anilines is 2. The molecule has 2 aromatic rings. The Balaban J connectivity index is 2.22. The second-order valence-electron chi connectivity index (χ2n) is 7.62. The highest BCUT2D eigenvalue weighted by Crippen LogP contribution is 2.42. The first-order chi connectivity index (χ1) is 13.0. The van der Waals surface area contributed by atoms with Gasteiger partial charge in [0.15, 0.2) is 0 Å². The van der Waals surface area contributed by atoms with Gasteiger partial charge >= 0.3 is 6.18 Å². The lowest BCUT2D eigenvalue weighted by Crippen LogP contribution is -2.44. The molecule has 0 spiro atoms. The van der Waals surface area contributed by atoms with Crippen molar-refractivity contribution >= 4 is 17.2 Å². The minimum Gasteiger partial charge on any atom is -0.340 e. The Kier molecular flexibility index (Phi) is 5.17. The molecule has 0 bridgehead atoms. The molecule has 150 valence electrons. The number of amidine groups is 1. The summed E-state index contributed by atoms with van der Waals surface area (Å²) in [5, 5.41) is 8.72. The van der Waals surface area contributed by atoms with Gasteiger partial charge in [-0.2, -0.15) is 13.2 Å². The van der Waals surface area contributed by atoms with Gasteiger partial charge in [0.25, 0.3) is 0 Å². The summed E-state index contributed by atoms with van der Waals surface area (Å²) >= 11 is 0. The van der Waals surface area contributed by atoms with Crippen molar-refractivity contribution in [2.75, 3.05) is 9.80 Å². The second kappa shape index (κ2) is 7.15. The lowest BCUT2D eigenvalue weighted by Gasteiger charge is -2.36. The normalized spacial score (nSPS) is 20.2. The summed E-state index contributed by atoms with van der Waals surface area (Å²) in [5.74, 6) is 0.189. The van der Waals surface area contributed by atoms with E-state index >= 15 is 0 Å². The third-order valence-corrected chi connectivity index (χ3v) is 5.48. The van der Waals surface area contributed by atoms with Crippen LogP contribution in [-0.4, -0.2) is 24.2 Å². The van der Waals surface area contributed by atoms with Crippen molar-refractivity contribution in [2.24, 2.45) is 0 Å². The van der Waals surface area contributed by atoms with Crippen LogP contribution in [0.3, 0.4) is 0 Å². The van der Waals surface area contributed by atoms with Gasteiger partial charge in [0.05, 0.1) is 18.2 Å². The maximum Gasteiger partial charge on any atom is 0.392 e. The first-order valence-electron chi connectivity index (χ1n) is 9.38. The molecule has 0 saturated carbocycles. The topological polar surface area (TPSA) is 30.3 Å². The third kappa shape index (κ3) is 3.48. The number of hydrogen-bond donors (Lipinski definition) is 1. The van der Waals surface area contributed by atoms with Crippen molar-refractivity contribution in [3.8, 4) is 0 Å². The van der Waals surface area contributed by atoms with Gasteiger partial charge in [0.2, 0.25) is 0 Å². The Bertz CT molecular complexity index is 864. The molecule has 1 fully saturated rings. The molecule has 1 N–H and O–H groups in total.